The molecule has 1 aliphatic heterocycles. The van der Waals surface area contributed by atoms with E-state index in [-0.39, 0.29) is 12.0 Å². The van der Waals surface area contributed by atoms with E-state index in [1.165, 1.54) is 0 Å². The van der Waals surface area contributed by atoms with Gasteiger partial charge >= 0.3 is 0 Å². The summed E-state index contributed by atoms with van der Waals surface area (Å²) in [5, 5.41) is 7.84. The lowest BCUT2D eigenvalue weighted by Crippen LogP contribution is -2.48. The molecule has 9 nitrogen and oxygen atoms in total. The van der Waals surface area contributed by atoms with Crippen molar-refractivity contribution in [1.29, 1.82) is 0 Å². The molecule has 1 saturated heterocycles. The number of aryl methyl sites for hydroxylation is 2. The zero-order chi connectivity index (χ0) is 18.7. The minimum absolute atomic E-state index is 0.0217. The number of rotatable bonds is 6. The summed E-state index contributed by atoms with van der Waals surface area (Å²) in [6, 6.07) is 0. The molecule has 1 amide bonds. The first-order chi connectivity index (χ1) is 12.5. The Bertz CT molecular complexity index is 729. The zero-order valence-electron chi connectivity index (χ0n) is 15.7. The maximum atomic E-state index is 12.7. The van der Waals surface area contributed by atoms with Gasteiger partial charge in [-0.3, -0.25) is 9.69 Å². The molecule has 26 heavy (non-hydrogen) atoms. The van der Waals surface area contributed by atoms with Crippen LogP contribution in [0.25, 0.3) is 0 Å². The molecule has 1 atom stereocenters. The van der Waals surface area contributed by atoms with Crippen LogP contribution in [0.15, 0.2) is 9.05 Å². The number of nitrogens with zero attached hydrogens (tertiary/aromatic N) is 5. The predicted octanol–water partition coefficient (Wildman–Crippen LogP) is 1.73. The Morgan fingerprint density at radius 3 is 2.54 bits per heavy atom. The molecule has 2 aromatic rings. The summed E-state index contributed by atoms with van der Waals surface area (Å²) in [6.45, 7) is 11.3. The van der Waals surface area contributed by atoms with Gasteiger partial charge in [0.05, 0.1) is 12.2 Å². The quantitative estimate of drug-likeness (QED) is 0.765. The Balaban J connectivity index is 1.53. The summed E-state index contributed by atoms with van der Waals surface area (Å²) in [4.78, 5) is 21.1. The number of ether oxygens (including phenoxy) is 1. The highest BCUT2D eigenvalue weighted by Gasteiger charge is 2.27. The molecule has 0 N–H and O–H groups in total. The highest BCUT2D eigenvalue weighted by Crippen LogP contribution is 2.18. The summed E-state index contributed by atoms with van der Waals surface area (Å²) in [5.74, 6) is 1.68. The van der Waals surface area contributed by atoms with Crippen LogP contribution in [0.2, 0.25) is 0 Å². The van der Waals surface area contributed by atoms with E-state index in [1.807, 2.05) is 18.7 Å². The molecule has 3 heterocycles. The Labute approximate surface area is 152 Å². The van der Waals surface area contributed by atoms with Crippen LogP contribution < -0.4 is 0 Å². The summed E-state index contributed by atoms with van der Waals surface area (Å²) in [6.07, 6.45) is -0.179. The van der Waals surface area contributed by atoms with E-state index < -0.39 is 0 Å². The minimum atomic E-state index is -0.179. The van der Waals surface area contributed by atoms with Gasteiger partial charge in [0, 0.05) is 32.8 Å². The minimum Gasteiger partial charge on any atom is -0.371 e. The molecule has 0 radical (unpaired) electrons. The fourth-order valence-electron chi connectivity index (χ4n) is 3.07. The van der Waals surface area contributed by atoms with Crippen molar-refractivity contribution in [1.82, 2.24) is 25.1 Å². The van der Waals surface area contributed by atoms with Crippen LogP contribution in [0.3, 0.4) is 0 Å². The van der Waals surface area contributed by atoms with E-state index in [4.69, 9.17) is 13.8 Å². The van der Waals surface area contributed by atoms with Gasteiger partial charge in [0.2, 0.25) is 5.89 Å². The molecule has 3 rings (SSSR count). The van der Waals surface area contributed by atoms with Gasteiger partial charge in [0.25, 0.3) is 5.91 Å². The van der Waals surface area contributed by atoms with Gasteiger partial charge in [-0.1, -0.05) is 10.3 Å². The first-order valence-electron chi connectivity index (χ1n) is 8.88. The standard InChI is InChI=1S/C17H25N5O4/c1-5-24-13(4)16-18-14(26-20-16)10-21-6-8-22(9-7-21)17(23)15-11(2)19-25-12(15)3/h13H,5-10H2,1-4H3. The number of carbonyl (C=O) groups is 1. The second-order valence-corrected chi connectivity index (χ2v) is 6.41. The Morgan fingerprint density at radius 2 is 1.92 bits per heavy atom. The maximum absolute atomic E-state index is 12.7. The average molecular weight is 363 g/mol. The van der Waals surface area contributed by atoms with Crippen molar-refractivity contribution in [2.24, 2.45) is 0 Å². The van der Waals surface area contributed by atoms with Crippen LogP contribution in [0, 0.1) is 13.8 Å². The van der Waals surface area contributed by atoms with Crippen LogP contribution >= 0.6 is 0 Å². The van der Waals surface area contributed by atoms with Crippen molar-refractivity contribution >= 4 is 5.91 Å². The van der Waals surface area contributed by atoms with Crippen LogP contribution in [0.1, 0.15) is 53.5 Å². The molecule has 1 unspecified atom stereocenters. The molecule has 0 aromatic carbocycles. The maximum Gasteiger partial charge on any atom is 0.259 e. The topological polar surface area (TPSA) is 97.7 Å². The Kier molecular flexibility index (Phi) is 5.67. The predicted molar refractivity (Wildman–Crippen MR) is 91.5 cm³/mol. The van der Waals surface area contributed by atoms with Crippen molar-refractivity contribution in [2.75, 3.05) is 32.8 Å². The van der Waals surface area contributed by atoms with E-state index in [0.717, 1.165) is 13.1 Å². The van der Waals surface area contributed by atoms with Crippen LogP contribution in [0.5, 0.6) is 0 Å². The van der Waals surface area contributed by atoms with Crippen molar-refractivity contribution in [2.45, 2.75) is 40.3 Å². The summed E-state index contributed by atoms with van der Waals surface area (Å²) in [5.41, 5.74) is 1.21. The van der Waals surface area contributed by atoms with Gasteiger partial charge in [-0.25, -0.2) is 0 Å². The molecule has 1 fully saturated rings. The number of carbonyl (C=O) groups excluding carboxylic acids is 1. The summed E-state index contributed by atoms with van der Waals surface area (Å²) >= 11 is 0. The lowest BCUT2D eigenvalue weighted by Gasteiger charge is -2.33. The molecule has 9 heteroatoms. The number of amides is 1. The van der Waals surface area contributed by atoms with E-state index in [9.17, 15) is 4.79 Å². The Morgan fingerprint density at radius 1 is 1.19 bits per heavy atom. The van der Waals surface area contributed by atoms with Crippen LogP contribution in [-0.4, -0.2) is 63.8 Å². The third-order valence-electron chi connectivity index (χ3n) is 4.53. The number of hydrogen-bond donors (Lipinski definition) is 0. The molecule has 0 saturated carbocycles. The van der Waals surface area contributed by atoms with E-state index in [0.29, 0.717) is 55.0 Å². The summed E-state index contributed by atoms with van der Waals surface area (Å²) < 4.78 is 15.9. The van der Waals surface area contributed by atoms with Crippen molar-refractivity contribution in [3.05, 3.63) is 28.7 Å². The molecule has 142 valence electrons. The highest BCUT2D eigenvalue weighted by molar-refractivity contribution is 5.96. The number of hydrogen-bond acceptors (Lipinski definition) is 8. The number of piperazine rings is 1. The normalized spacial score (nSPS) is 16.8. The number of aromatic nitrogens is 3. The fraction of sp³-hybridized carbons (Fsp3) is 0.647. The second kappa shape index (κ2) is 7.96. The molecular weight excluding hydrogens is 338 g/mol. The molecule has 0 bridgehead atoms. The first-order valence-corrected chi connectivity index (χ1v) is 8.88. The highest BCUT2D eigenvalue weighted by atomic mass is 16.5. The van der Waals surface area contributed by atoms with Crippen molar-refractivity contribution in [3.8, 4) is 0 Å². The van der Waals surface area contributed by atoms with Crippen LogP contribution in [-0.2, 0) is 11.3 Å². The monoisotopic (exact) mass is 363 g/mol. The van der Waals surface area contributed by atoms with Crippen LogP contribution in [0.4, 0.5) is 0 Å². The van der Waals surface area contributed by atoms with Crippen molar-refractivity contribution < 1.29 is 18.6 Å². The second-order valence-electron chi connectivity index (χ2n) is 6.41. The molecule has 0 spiro atoms. The van der Waals surface area contributed by atoms with E-state index >= 15 is 0 Å². The van der Waals surface area contributed by atoms with Gasteiger partial charge in [-0.2, -0.15) is 4.98 Å². The molecule has 0 aliphatic carbocycles. The van der Waals surface area contributed by atoms with Crippen molar-refractivity contribution in [3.63, 3.8) is 0 Å². The van der Waals surface area contributed by atoms with Gasteiger partial charge in [-0.15, -0.1) is 0 Å². The third-order valence-corrected chi connectivity index (χ3v) is 4.53. The molecule has 1 aliphatic rings. The lowest BCUT2D eigenvalue weighted by molar-refractivity contribution is 0.0613. The van der Waals surface area contributed by atoms with E-state index in [2.05, 4.69) is 20.2 Å². The fourth-order valence-corrected chi connectivity index (χ4v) is 3.07. The summed E-state index contributed by atoms with van der Waals surface area (Å²) in [7, 11) is 0. The first kappa shape index (κ1) is 18.5. The van der Waals surface area contributed by atoms with E-state index in [1.54, 1.807) is 13.8 Å². The SMILES string of the molecule is CCOC(C)c1noc(CN2CCN(C(=O)c3c(C)noc3C)CC2)n1. The smallest absolute Gasteiger partial charge is 0.259 e. The van der Waals surface area contributed by atoms with Gasteiger partial charge in [0.1, 0.15) is 17.4 Å². The zero-order valence-corrected chi connectivity index (χ0v) is 15.7. The van der Waals surface area contributed by atoms with Gasteiger partial charge in [0.15, 0.2) is 5.82 Å². The van der Waals surface area contributed by atoms with Gasteiger partial charge < -0.3 is 18.7 Å². The molecule has 2 aromatic heterocycles. The Hall–Kier alpha value is -2.26. The average Bonchev–Trinajstić information content (AvgIpc) is 3.22. The lowest BCUT2D eigenvalue weighted by atomic mass is 10.1. The molecular formula is C17H25N5O4. The largest absolute Gasteiger partial charge is 0.371 e. The van der Waals surface area contributed by atoms with Gasteiger partial charge in [-0.05, 0) is 27.7 Å². The third kappa shape index (κ3) is 3.94.